The van der Waals surface area contributed by atoms with Crippen molar-refractivity contribution in [3.63, 3.8) is 0 Å². The molecule has 0 aliphatic carbocycles. The van der Waals surface area contributed by atoms with Gasteiger partial charge in [0.1, 0.15) is 10.6 Å². The summed E-state index contributed by atoms with van der Waals surface area (Å²) in [5.41, 5.74) is 1.41. The van der Waals surface area contributed by atoms with Gasteiger partial charge in [-0.25, -0.2) is 8.42 Å². The number of hydrogen-bond donors (Lipinski definition) is 1. The maximum atomic E-state index is 12.6. The molecule has 0 saturated carbocycles. The number of methoxy groups -OCH3 is 1. The average Bonchev–Trinajstić information content (AvgIpc) is 2.42. The van der Waals surface area contributed by atoms with Crippen LogP contribution in [0.25, 0.3) is 0 Å². The van der Waals surface area contributed by atoms with E-state index in [2.05, 4.69) is 43.2 Å². The van der Waals surface area contributed by atoms with Crippen LogP contribution in [0.5, 0.6) is 5.75 Å². The Kier molecular flexibility index (Phi) is 5.15. The Labute approximate surface area is 146 Å². The first kappa shape index (κ1) is 16.6. The van der Waals surface area contributed by atoms with E-state index in [1.165, 1.54) is 13.2 Å². The van der Waals surface area contributed by atoms with Crippen LogP contribution in [0.2, 0.25) is 0 Å². The van der Waals surface area contributed by atoms with Crippen LogP contribution in [0.1, 0.15) is 5.56 Å². The molecule has 2 aromatic carbocycles. The number of aryl methyl sites for hydroxylation is 1. The maximum Gasteiger partial charge on any atom is 0.265 e. The molecule has 1 N–H and O–H groups in total. The zero-order valence-corrected chi connectivity index (χ0v) is 15.9. The van der Waals surface area contributed by atoms with E-state index >= 15 is 0 Å². The lowest BCUT2D eigenvalue weighted by atomic mass is 10.2. The van der Waals surface area contributed by atoms with Crippen molar-refractivity contribution in [2.24, 2.45) is 0 Å². The molecule has 0 bridgehead atoms. The average molecular weight is 482 g/mol. The van der Waals surface area contributed by atoms with Crippen molar-refractivity contribution in [1.82, 2.24) is 0 Å². The van der Waals surface area contributed by atoms with E-state index in [-0.39, 0.29) is 4.90 Å². The molecule has 0 unspecified atom stereocenters. The van der Waals surface area contributed by atoms with Crippen LogP contribution in [-0.2, 0) is 10.0 Å². The molecule has 0 fully saturated rings. The highest BCUT2D eigenvalue weighted by Gasteiger charge is 2.20. The van der Waals surface area contributed by atoms with Gasteiger partial charge >= 0.3 is 0 Å². The molecule has 2 rings (SSSR count). The summed E-state index contributed by atoms with van der Waals surface area (Å²) in [5, 5.41) is 0. The van der Waals surface area contributed by atoms with Gasteiger partial charge in [-0.1, -0.05) is 15.9 Å². The van der Waals surface area contributed by atoms with Gasteiger partial charge in [0.15, 0.2) is 0 Å². The van der Waals surface area contributed by atoms with Crippen LogP contribution in [0, 0.1) is 10.5 Å². The summed E-state index contributed by atoms with van der Waals surface area (Å²) in [6.45, 7) is 1.86. The lowest BCUT2D eigenvalue weighted by molar-refractivity contribution is 0.403. The van der Waals surface area contributed by atoms with Crippen LogP contribution < -0.4 is 9.46 Å². The Hall–Kier alpha value is -0.800. The monoisotopic (exact) mass is 481 g/mol. The van der Waals surface area contributed by atoms with Gasteiger partial charge in [-0.05, 0) is 71.5 Å². The molecule has 0 amide bonds. The summed E-state index contributed by atoms with van der Waals surface area (Å²) in [5.74, 6) is 0.300. The number of hydrogen-bond acceptors (Lipinski definition) is 3. The topological polar surface area (TPSA) is 55.4 Å². The van der Waals surface area contributed by atoms with Crippen molar-refractivity contribution < 1.29 is 13.2 Å². The second kappa shape index (κ2) is 6.53. The molecule has 7 heteroatoms. The zero-order chi connectivity index (χ0) is 15.6. The fraction of sp³-hybridized carbons (Fsp3) is 0.143. The molecule has 0 aliphatic heterocycles. The third-order valence-corrected chi connectivity index (χ3v) is 5.40. The second-order valence-electron chi connectivity index (χ2n) is 4.36. The SMILES string of the molecule is COc1ccc(Br)cc1S(=O)(=O)Nc1ccc(I)cc1C. The number of benzene rings is 2. The molecule has 2 aromatic rings. The largest absolute Gasteiger partial charge is 0.495 e. The minimum atomic E-state index is -3.72. The lowest BCUT2D eigenvalue weighted by Crippen LogP contribution is -2.15. The summed E-state index contributed by atoms with van der Waals surface area (Å²) < 4.78 is 34.6. The Morgan fingerprint density at radius 2 is 1.90 bits per heavy atom. The molecule has 0 atom stereocenters. The quantitative estimate of drug-likeness (QED) is 0.666. The molecule has 0 saturated heterocycles. The first-order valence-electron chi connectivity index (χ1n) is 5.96. The molecule has 4 nitrogen and oxygen atoms in total. The highest BCUT2D eigenvalue weighted by Crippen LogP contribution is 2.29. The van der Waals surface area contributed by atoms with Crippen molar-refractivity contribution in [3.05, 3.63) is 50.0 Å². The molecule has 0 aromatic heterocycles. The minimum absolute atomic E-state index is 0.0947. The van der Waals surface area contributed by atoms with E-state index in [1.54, 1.807) is 18.2 Å². The van der Waals surface area contributed by atoms with Gasteiger partial charge in [-0.15, -0.1) is 0 Å². The van der Waals surface area contributed by atoms with Gasteiger partial charge in [0.2, 0.25) is 0 Å². The summed E-state index contributed by atoms with van der Waals surface area (Å²) in [4.78, 5) is 0.0947. The Bertz CT molecular complexity index is 778. The molecule has 0 aliphatic rings. The number of ether oxygens (including phenoxy) is 1. The smallest absolute Gasteiger partial charge is 0.265 e. The van der Waals surface area contributed by atoms with Crippen LogP contribution >= 0.6 is 38.5 Å². The fourth-order valence-electron chi connectivity index (χ4n) is 1.80. The molecular weight excluding hydrogens is 469 g/mol. The van der Waals surface area contributed by atoms with Gasteiger partial charge < -0.3 is 4.74 Å². The predicted molar refractivity (Wildman–Crippen MR) is 95.4 cm³/mol. The zero-order valence-electron chi connectivity index (χ0n) is 11.4. The van der Waals surface area contributed by atoms with Crippen molar-refractivity contribution >= 4 is 54.2 Å². The first-order valence-corrected chi connectivity index (χ1v) is 9.31. The van der Waals surface area contributed by atoms with Crippen molar-refractivity contribution in [3.8, 4) is 5.75 Å². The van der Waals surface area contributed by atoms with E-state index in [4.69, 9.17) is 4.74 Å². The molecule has 21 heavy (non-hydrogen) atoms. The van der Waals surface area contributed by atoms with E-state index in [0.29, 0.717) is 15.9 Å². The number of rotatable bonds is 4. The lowest BCUT2D eigenvalue weighted by Gasteiger charge is -2.13. The summed E-state index contributed by atoms with van der Waals surface area (Å²) in [6, 6.07) is 10.4. The normalized spacial score (nSPS) is 11.2. The molecule has 0 spiro atoms. The van der Waals surface area contributed by atoms with Crippen LogP contribution in [-0.4, -0.2) is 15.5 Å². The van der Waals surface area contributed by atoms with E-state index in [0.717, 1.165) is 9.13 Å². The summed E-state index contributed by atoms with van der Waals surface area (Å²) >= 11 is 5.46. The highest BCUT2D eigenvalue weighted by atomic mass is 127. The van der Waals surface area contributed by atoms with Gasteiger partial charge in [0, 0.05) is 8.04 Å². The molecule has 0 heterocycles. The van der Waals surface area contributed by atoms with Crippen molar-refractivity contribution in [2.75, 3.05) is 11.8 Å². The van der Waals surface area contributed by atoms with Crippen LogP contribution in [0.15, 0.2) is 45.8 Å². The van der Waals surface area contributed by atoms with Gasteiger partial charge in [0.25, 0.3) is 10.0 Å². The number of sulfonamides is 1. The van der Waals surface area contributed by atoms with Gasteiger partial charge in [0.05, 0.1) is 12.8 Å². The third kappa shape index (κ3) is 3.89. The highest BCUT2D eigenvalue weighted by molar-refractivity contribution is 14.1. The number of halogens is 2. The second-order valence-corrected chi connectivity index (χ2v) is 8.17. The minimum Gasteiger partial charge on any atom is -0.495 e. The van der Waals surface area contributed by atoms with Crippen molar-refractivity contribution in [1.29, 1.82) is 0 Å². The first-order chi connectivity index (χ1) is 9.83. The van der Waals surface area contributed by atoms with E-state index in [9.17, 15) is 8.42 Å². The molecule has 0 radical (unpaired) electrons. The molecular formula is C14H13BrINO3S. The Morgan fingerprint density at radius 3 is 2.52 bits per heavy atom. The Morgan fingerprint density at radius 1 is 1.19 bits per heavy atom. The van der Waals surface area contributed by atoms with Crippen molar-refractivity contribution in [2.45, 2.75) is 11.8 Å². The third-order valence-electron chi connectivity index (χ3n) is 2.85. The maximum absolute atomic E-state index is 12.6. The van der Waals surface area contributed by atoms with Crippen LogP contribution in [0.4, 0.5) is 5.69 Å². The standard InChI is InChI=1S/C14H13BrINO3S/c1-9-7-11(16)4-5-12(9)17-21(18,19)14-8-10(15)3-6-13(14)20-2/h3-8,17H,1-2H3. The number of anilines is 1. The Balaban J connectivity index is 2.45. The van der Waals surface area contributed by atoms with E-state index < -0.39 is 10.0 Å². The molecule has 112 valence electrons. The van der Waals surface area contributed by atoms with Crippen LogP contribution in [0.3, 0.4) is 0 Å². The van der Waals surface area contributed by atoms with Gasteiger partial charge in [-0.2, -0.15) is 0 Å². The fourth-order valence-corrected chi connectivity index (χ4v) is 4.29. The number of nitrogens with one attached hydrogen (secondary N) is 1. The van der Waals surface area contributed by atoms with E-state index in [1.807, 2.05) is 19.1 Å². The summed E-state index contributed by atoms with van der Waals surface area (Å²) in [6.07, 6.45) is 0. The predicted octanol–water partition coefficient (Wildman–Crippen LogP) is 4.17. The summed E-state index contributed by atoms with van der Waals surface area (Å²) in [7, 11) is -2.28. The van der Waals surface area contributed by atoms with Gasteiger partial charge in [-0.3, -0.25) is 4.72 Å².